The molecule has 1 aromatic heterocycles. The number of methoxy groups -OCH3 is 1. The molecule has 0 bridgehead atoms. The Morgan fingerprint density at radius 2 is 2.14 bits per heavy atom. The van der Waals surface area contributed by atoms with Gasteiger partial charge < -0.3 is 4.74 Å². The summed E-state index contributed by atoms with van der Waals surface area (Å²) in [7, 11) is 1.41. The molecular weight excluding hydrogens is 220 g/mol. The maximum absolute atomic E-state index is 11.5. The van der Waals surface area contributed by atoms with E-state index in [-0.39, 0.29) is 17.8 Å². The molecule has 14 heavy (non-hydrogen) atoms. The maximum Gasteiger partial charge on any atom is 0.314 e. The third-order valence-electron chi connectivity index (χ3n) is 2.02. The molecule has 0 aromatic carbocycles. The lowest BCUT2D eigenvalue weighted by atomic mass is 9.94. The van der Waals surface area contributed by atoms with Gasteiger partial charge >= 0.3 is 5.97 Å². The number of rotatable bonds is 3. The van der Waals surface area contributed by atoms with Crippen molar-refractivity contribution < 1.29 is 9.53 Å². The van der Waals surface area contributed by atoms with E-state index < -0.39 is 0 Å². The predicted octanol–water partition coefficient (Wildman–Crippen LogP) is 3.31. The second kappa shape index (κ2) is 4.80. The van der Waals surface area contributed by atoms with Crippen LogP contribution in [0.3, 0.4) is 0 Å². The number of carbonyl (C=O) groups is 1. The fourth-order valence-electron chi connectivity index (χ4n) is 1.34. The summed E-state index contributed by atoms with van der Waals surface area (Å²) in [6, 6.07) is 3.69. The third-order valence-corrected chi connectivity index (χ3v) is 3.34. The first-order chi connectivity index (χ1) is 6.56. The van der Waals surface area contributed by atoms with E-state index in [1.807, 2.05) is 19.9 Å². The minimum Gasteiger partial charge on any atom is -0.469 e. The van der Waals surface area contributed by atoms with Crippen molar-refractivity contribution in [2.75, 3.05) is 7.11 Å². The number of carbonyl (C=O) groups excluding carboxylic acids is 1. The Labute approximate surface area is 92.8 Å². The Morgan fingerprint density at radius 3 is 2.50 bits per heavy atom. The van der Waals surface area contributed by atoms with Gasteiger partial charge in [-0.25, -0.2) is 0 Å². The summed E-state index contributed by atoms with van der Waals surface area (Å²) < 4.78 is 5.47. The van der Waals surface area contributed by atoms with Gasteiger partial charge in [0.2, 0.25) is 0 Å². The predicted molar refractivity (Wildman–Crippen MR) is 58.9 cm³/mol. The van der Waals surface area contributed by atoms with E-state index in [2.05, 4.69) is 0 Å². The van der Waals surface area contributed by atoms with Gasteiger partial charge in [0.1, 0.15) is 0 Å². The molecule has 2 nitrogen and oxygen atoms in total. The molecule has 1 unspecified atom stereocenters. The highest BCUT2D eigenvalue weighted by Gasteiger charge is 2.26. The monoisotopic (exact) mass is 232 g/mol. The van der Waals surface area contributed by atoms with Crippen molar-refractivity contribution in [1.82, 2.24) is 0 Å². The average Bonchev–Trinajstić information content (AvgIpc) is 2.51. The van der Waals surface area contributed by atoms with Gasteiger partial charge in [0, 0.05) is 4.88 Å². The number of esters is 1. The van der Waals surface area contributed by atoms with Crippen molar-refractivity contribution >= 4 is 28.9 Å². The van der Waals surface area contributed by atoms with Gasteiger partial charge in [-0.1, -0.05) is 25.4 Å². The van der Waals surface area contributed by atoms with E-state index >= 15 is 0 Å². The summed E-state index contributed by atoms with van der Waals surface area (Å²) in [6.07, 6.45) is 0. The van der Waals surface area contributed by atoms with Gasteiger partial charge in [-0.3, -0.25) is 4.79 Å². The highest BCUT2D eigenvalue weighted by Crippen LogP contribution is 2.33. The third kappa shape index (κ3) is 2.49. The van der Waals surface area contributed by atoms with Crippen LogP contribution < -0.4 is 0 Å². The van der Waals surface area contributed by atoms with Crippen molar-refractivity contribution in [1.29, 1.82) is 0 Å². The zero-order valence-corrected chi connectivity index (χ0v) is 9.98. The SMILES string of the molecule is COC(=O)C(c1ccc(Cl)s1)C(C)C. The van der Waals surface area contributed by atoms with Crippen molar-refractivity contribution in [2.24, 2.45) is 5.92 Å². The van der Waals surface area contributed by atoms with E-state index in [1.165, 1.54) is 18.4 Å². The van der Waals surface area contributed by atoms with Crippen LogP contribution in [0.4, 0.5) is 0 Å². The summed E-state index contributed by atoms with van der Waals surface area (Å²) in [5.74, 6) is -0.173. The fraction of sp³-hybridized carbons (Fsp3) is 0.500. The fourth-order valence-corrected chi connectivity index (χ4v) is 2.66. The van der Waals surface area contributed by atoms with Crippen LogP contribution >= 0.6 is 22.9 Å². The molecule has 1 rings (SSSR count). The smallest absolute Gasteiger partial charge is 0.314 e. The number of hydrogen-bond donors (Lipinski definition) is 0. The first-order valence-electron chi connectivity index (χ1n) is 4.39. The zero-order valence-electron chi connectivity index (χ0n) is 8.41. The summed E-state index contributed by atoms with van der Waals surface area (Å²) >= 11 is 7.26. The van der Waals surface area contributed by atoms with Gasteiger partial charge in [-0.05, 0) is 18.1 Å². The molecule has 0 saturated carbocycles. The molecule has 0 radical (unpaired) electrons. The largest absolute Gasteiger partial charge is 0.469 e. The van der Waals surface area contributed by atoms with Gasteiger partial charge in [-0.2, -0.15) is 0 Å². The zero-order chi connectivity index (χ0) is 10.7. The Hall–Kier alpha value is -0.540. The van der Waals surface area contributed by atoms with Crippen LogP contribution in [0, 0.1) is 5.92 Å². The molecule has 0 amide bonds. The standard InChI is InChI=1S/C10H13ClO2S/c1-6(2)9(10(12)13-3)7-4-5-8(11)14-7/h4-6,9H,1-3H3. The highest BCUT2D eigenvalue weighted by atomic mass is 35.5. The highest BCUT2D eigenvalue weighted by molar-refractivity contribution is 7.16. The molecule has 0 aliphatic rings. The molecule has 78 valence electrons. The van der Waals surface area contributed by atoms with Crippen molar-refractivity contribution in [3.63, 3.8) is 0 Å². The van der Waals surface area contributed by atoms with Crippen LogP contribution in [0.2, 0.25) is 4.34 Å². The molecule has 0 fully saturated rings. The molecule has 0 aliphatic heterocycles. The Bertz CT molecular complexity index is 320. The van der Waals surface area contributed by atoms with Gasteiger partial charge in [0.25, 0.3) is 0 Å². The second-order valence-corrected chi connectivity index (χ2v) is 5.13. The molecule has 1 aromatic rings. The van der Waals surface area contributed by atoms with E-state index in [4.69, 9.17) is 16.3 Å². The molecular formula is C10H13ClO2S. The minimum atomic E-state index is -0.197. The topological polar surface area (TPSA) is 26.3 Å². The van der Waals surface area contributed by atoms with Crippen molar-refractivity contribution in [3.8, 4) is 0 Å². The van der Waals surface area contributed by atoms with Crippen LogP contribution in [0.1, 0.15) is 24.6 Å². The Balaban J connectivity index is 2.94. The number of ether oxygens (including phenoxy) is 1. The van der Waals surface area contributed by atoms with Crippen LogP contribution in [-0.4, -0.2) is 13.1 Å². The second-order valence-electron chi connectivity index (χ2n) is 3.39. The Kier molecular flexibility index (Phi) is 3.96. The summed E-state index contributed by atoms with van der Waals surface area (Å²) in [6.45, 7) is 3.99. The number of hydrogen-bond acceptors (Lipinski definition) is 3. The van der Waals surface area contributed by atoms with E-state index in [0.29, 0.717) is 4.34 Å². The van der Waals surface area contributed by atoms with E-state index in [1.54, 1.807) is 6.07 Å². The van der Waals surface area contributed by atoms with Gasteiger partial charge in [0.05, 0.1) is 17.4 Å². The molecule has 1 heterocycles. The molecule has 0 spiro atoms. The quantitative estimate of drug-likeness (QED) is 0.748. The average molecular weight is 233 g/mol. The van der Waals surface area contributed by atoms with Crippen LogP contribution in [0.25, 0.3) is 0 Å². The summed E-state index contributed by atoms with van der Waals surface area (Å²) in [5, 5.41) is 0. The van der Waals surface area contributed by atoms with Crippen LogP contribution in [0.15, 0.2) is 12.1 Å². The van der Waals surface area contributed by atoms with Crippen molar-refractivity contribution in [2.45, 2.75) is 19.8 Å². The number of thiophene rings is 1. The van der Waals surface area contributed by atoms with Gasteiger partial charge in [-0.15, -0.1) is 11.3 Å². The molecule has 1 atom stereocenters. The molecule has 0 N–H and O–H groups in total. The molecule has 0 aliphatic carbocycles. The first-order valence-corrected chi connectivity index (χ1v) is 5.58. The molecule has 0 saturated heterocycles. The normalized spacial score (nSPS) is 12.9. The van der Waals surface area contributed by atoms with E-state index in [0.717, 1.165) is 4.88 Å². The van der Waals surface area contributed by atoms with Gasteiger partial charge in [0.15, 0.2) is 0 Å². The Morgan fingerprint density at radius 1 is 1.50 bits per heavy atom. The lowest BCUT2D eigenvalue weighted by molar-refractivity contribution is -0.143. The van der Waals surface area contributed by atoms with Crippen molar-refractivity contribution in [3.05, 3.63) is 21.3 Å². The van der Waals surface area contributed by atoms with Crippen LogP contribution in [0.5, 0.6) is 0 Å². The lowest BCUT2D eigenvalue weighted by Crippen LogP contribution is -2.18. The first kappa shape index (κ1) is 11.5. The summed E-state index contributed by atoms with van der Waals surface area (Å²) in [4.78, 5) is 12.5. The minimum absolute atomic E-state index is 0.196. The number of halogens is 1. The van der Waals surface area contributed by atoms with Crippen LogP contribution in [-0.2, 0) is 9.53 Å². The lowest BCUT2D eigenvalue weighted by Gasteiger charge is -2.16. The summed E-state index contributed by atoms with van der Waals surface area (Å²) in [5.41, 5.74) is 0. The van der Waals surface area contributed by atoms with E-state index in [9.17, 15) is 4.79 Å². The molecule has 4 heteroatoms. The maximum atomic E-state index is 11.5.